The van der Waals surface area contributed by atoms with Crippen LogP contribution in [-0.2, 0) is 17.9 Å². The summed E-state index contributed by atoms with van der Waals surface area (Å²) in [5.41, 5.74) is 2.73. The van der Waals surface area contributed by atoms with Gasteiger partial charge in [0.2, 0.25) is 5.91 Å². The number of carbonyl (C=O) groups excluding carboxylic acids is 1. The summed E-state index contributed by atoms with van der Waals surface area (Å²) < 4.78 is 5.29. The van der Waals surface area contributed by atoms with Crippen molar-refractivity contribution in [2.45, 2.75) is 39.9 Å². The molecule has 0 spiro atoms. The number of halogens is 1. The van der Waals surface area contributed by atoms with E-state index in [0.717, 1.165) is 36.5 Å². The summed E-state index contributed by atoms with van der Waals surface area (Å²) in [5.74, 6) is 1.26. The quantitative estimate of drug-likeness (QED) is 0.527. The van der Waals surface area contributed by atoms with E-state index < -0.39 is 0 Å². The van der Waals surface area contributed by atoms with Gasteiger partial charge in [-0.3, -0.25) is 9.69 Å². The molecular formula is C22H26ClN7O2. The molecule has 3 aromatic rings. The fourth-order valence-corrected chi connectivity index (χ4v) is 4.08. The molecule has 1 atom stereocenters. The van der Waals surface area contributed by atoms with Crippen LogP contribution in [0.5, 0.6) is 0 Å². The summed E-state index contributed by atoms with van der Waals surface area (Å²) in [7, 11) is 0. The molecular weight excluding hydrogens is 430 g/mol. The largest absolute Gasteiger partial charge is 0.449 e. The van der Waals surface area contributed by atoms with E-state index in [0.29, 0.717) is 29.8 Å². The second-order valence-electron chi connectivity index (χ2n) is 8.02. The van der Waals surface area contributed by atoms with Crippen LogP contribution < -0.4 is 0 Å². The zero-order chi connectivity index (χ0) is 22.7. The van der Waals surface area contributed by atoms with Gasteiger partial charge in [0, 0.05) is 50.2 Å². The Morgan fingerprint density at radius 2 is 2.12 bits per heavy atom. The van der Waals surface area contributed by atoms with Crippen LogP contribution in [0.15, 0.2) is 35.0 Å². The SMILES string of the molecule is Cc1nnn(Cc2cc(Cl)ccc2/C=C/C(=O)N2CCN(Cc3coc(C)n3)CC2C)n1. The van der Waals surface area contributed by atoms with Crippen LogP contribution in [0, 0.1) is 13.8 Å². The van der Waals surface area contributed by atoms with Gasteiger partial charge in [-0.15, -0.1) is 10.2 Å². The maximum atomic E-state index is 12.9. The van der Waals surface area contributed by atoms with Crippen LogP contribution in [0.25, 0.3) is 6.08 Å². The van der Waals surface area contributed by atoms with Crippen LogP contribution >= 0.6 is 11.6 Å². The van der Waals surface area contributed by atoms with Crippen molar-refractivity contribution in [1.29, 1.82) is 0 Å². The molecule has 1 aliphatic rings. The summed E-state index contributed by atoms with van der Waals surface area (Å²) in [5, 5.41) is 12.8. The highest BCUT2D eigenvalue weighted by Crippen LogP contribution is 2.19. The zero-order valence-electron chi connectivity index (χ0n) is 18.4. The van der Waals surface area contributed by atoms with Crippen molar-refractivity contribution in [3.8, 4) is 0 Å². The lowest BCUT2D eigenvalue weighted by atomic mass is 10.1. The zero-order valence-corrected chi connectivity index (χ0v) is 19.2. The molecule has 0 saturated carbocycles. The first-order valence-corrected chi connectivity index (χ1v) is 10.9. The van der Waals surface area contributed by atoms with Crippen molar-refractivity contribution in [3.63, 3.8) is 0 Å². The molecule has 4 rings (SSSR count). The number of rotatable bonds is 6. The van der Waals surface area contributed by atoms with E-state index in [9.17, 15) is 4.79 Å². The minimum atomic E-state index is -0.00921. The third kappa shape index (κ3) is 5.41. The number of oxazole rings is 1. The first-order valence-electron chi connectivity index (χ1n) is 10.5. The lowest BCUT2D eigenvalue weighted by Crippen LogP contribution is -2.53. The second kappa shape index (κ2) is 9.62. The fraction of sp³-hybridized carbons (Fsp3) is 0.409. The predicted octanol–water partition coefficient (Wildman–Crippen LogP) is 2.73. The highest BCUT2D eigenvalue weighted by Gasteiger charge is 2.26. The van der Waals surface area contributed by atoms with Crippen LogP contribution in [0.3, 0.4) is 0 Å². The molecule has 0 N–H and O–H groups in total. The Labute approximate surface area is 191 Å². The molecule has 2 aromatic heterocycles. The summed E-state index contributed by atoms with van der Waals surface area (Å²) >= 11 is 6.18. The lowest BCUT2D eigenvalue weighted by Gasteiger charge is -2.39. The molecule has 1 aliphatic heterocycles. The van der Waals surface area contributed by atoms with Crippen molar-refractivity contribution in [1.82, 2.24) is 35.0 Å². The first-order chi connectivity index (χ1) is 15.4. The Kier molecular flexibility index (Phi) is 6.66. The molecule has 1 saturated heterocycles. The molecule has 1 aromatic carbocycles. The number of hydrogen-bond acceptors (Lipinski definition) is 7. The Balaban J connectivity index is 1.40. The van der Waals surface area contributed by atoms with Crippen LogP contribution in [0.2, 0.25) is 5.02 Å². The van der Waals surface area contributed by atoms with Gasteiger partial charge < -0.3 is 9.32 Å². The molecule has 0 radical (unpaired) electrons. The van der Waals surface area contributed by atoms with Crippen molar-refractivity contribution in [2.75, 3.05) is 19.6 Å². The minimum absolute atomic E-state index is 0.00921. The third-order valence-corrected chi connectivity index (χ3v) is 5.66. The van der Waals surface area contributed by atoms with E-state index in [4.69, 9.17) is 16.0 Å². The number of aromatic nitrogens is 5. The van der Waals surface area contributed by atoms with Crippen LogP contribution in [0.4, 0.5) is 0 Å². The number of aryl methyl sites for hydroxylation is 2. The molecule has 1 amide bonds. The highest BCUT2D eigenvalue weighted by atomic mass is 35.5. The number of tetrazole rings is 1. The molecule has 1 fully saturated rings. The average molecular weight is 456 g/mol. The Hall–Kier alpha value is -3.04. The number of amides is 1. The topological polar surface area (TPSA) is 93.2 Å². The van der Waals surface area contributed by atoms with Gasteiger partial charge in [0.1, 0.15) is 6.26 Å². The fourth-order valence-electron chi connectivity index (χ4n) is 3.89. The molecule has 0 aliphatic carbocycles. The normalized spacial score (nSPS) is 17.4. The Morgan fingerprint density at radius 3 is 2.81 bits per heavy atom. The van der Waals surface area contributed by atoms with Gasteiger partial charge >= 0.3 is 0 Å². The standard InChI is InChI=1S/C22H26ClN7O2/c1-15-11-28(13-21-14-32-17(3)24-21)8-9-29(15)22(31)7-5-18-4-6-20(23)10-19(18)12-30-26-16(2)25-27-30/h4-7,10,14-15H,8-9,11-13H2,1-3H3/b7-5+. The predicted molar refractivity (Wildman–Crippen MR) is 120 cm³/mol. The molecule has 9 nitrogen and oxygen atoms in total. The third-order valence-electron chi connectivity index (χ3n) is 5.42. The van der Waals surface area contributed by atoms with E-state index in [1.54, 1.807) is 19.3 Å². The van der Waals surface area contributed by atoms with E-state index in [-0.39, 0.29) is 11.9 Å². The highest BCUT2D eigenvalue weighted by molar-refractivity contribution is 6.30. The number of nitrogens with zero attached hydrogens (tertiary/aromatic N) is 7. The number of hydrogen-bond donors (Lipinski definition) is 0. The van der Waals surface area contributed by atoms with E-state index >= 15 is 0 Å². The van der Waals surface area contributed by atoms with Gasteiger partial charge in [0.05, 0.1) is 12.2 Å². The summed E-state index contributed by atoms with van der Waals surface area (Å²) in [6, 6.07) is 5.66. The molecule has 0 bridgehead atoms. The van der Waals surface area contributed by atoms with Crippen molar-refractivity contribution >= 4 is 23.6 Å². The lowest BCUT2D eigenvalue weighted by molar-refractivity contribution is -0.130. The smallest absolute Gasteiger partial charge is 0.246 e. The van der Waals surface area contributed by atoms with Gasteiger partial charge in [-0.25, -0.2) is 4.98 Å². The Bertz CT molecular complexity index is 1120. The monoisotopic (exact) mass is 455 g/mol. The summed E-state index contributed by atoms with van der Waals surface area (Å²) in [6.07, 6.45) is 5.15. The number of piperazine rings is 1. The maximum absolute atomic E-state index is 12.9. The van der Waals surface area contributed by atoms with Gasteiger partial charge in [-0.1, -0.05) is 17.7 Å². The van der Waals surface area contributed by atoms with Crippen LogP contribution in [0.1, 0.15) is 35.5 Å². The van der Waals surface area contributed by atoms with Crippen LogP contribution in [-0.4, -0.2) is 66.6 Å². The number of benzene rings is 1. The molecule has 32 heavy (non-hydrogen) atoms. The van der Waals surface area contributed by atoms with E-state index in [1.165, 1.54) is 4.80 Å². The second-order valence-corrected chi connectivity index (χ2v) is 8.45. The molecule has 10 heteroatoms. The van der Waals surface area contributed by atoms with E-state index in [1.807, 2.05) is 36.1 Å². The van der Waals surface area contributed by atoms with Gasteiger partial charge in [0.15, 0.2) is 11.7 Å². The molecule has 1 unspecified atom stereocenters. The minimum Gasteiger partial charge on any atom is -0.449 e. The van der Waals surface area contributed by atoms with Crippen molar-refractivity contribution in [3.05, 3.63) is 64.1 Å². The first kappa shape index (κ1) is 22.2. The van der Waals surface area contributed by atoms with Crippen molar-refractivity contribution in [2.24, 2.45) is 0 Å². The average Bonchev–Trinajstić information content (AvgIpc) is 3.34. The van der Waals surface area contributed by atoms with Gasteiger partial charge in [0.25, 0.3) is 0 Å². The Morgan fingerprint density at radius 1 is 1.28 bits per heavy atom. The summed E-state index contributed by atoms with van der Waals surface area (Å²) in [6.45, 7) is 9.08. The summed E-state index contributed by atoms with van der Waals surface area (Å²) in [4.78, 5) is 23.0. The molecule has 168 valence electrons. The maximum Gasteiger partial charge on any atom is 0.246 e. The number of carbonyl (C=O) groups is 1. The van der Waals surface area contributed by atoms with E-state index in [2.05, 4.69) is 32.2 Å². The molecule has 3 heterocycles. The van der Waals surface area contributed by atoms with Crippen molar-refractivity contribution < 1.29 is 9.21 Å². The van der Waals surface area contributed by atoms with Gasteiger partial charge in [-0.2, -0.15) is 4.80 Å². The van der Waals surface area contributed by atoms with Gasteiger partial charge in [-0.05, 0) is 48.4 Å².